The molecule has 7 rings (SSSR count). The molecule has 2 saturated heterocycles. The van der Waals surface area contributed by atoms with Crippen molar-refractivity contribution in [3.63, 3.8) is 0 Å². The maximum absolute atomic E-state index is 14.3. The van der Waals surface area contributed by atoms with Crippen molar-refractivity contribution in [1.29, 1.82) is 0 Å². The van der Waals surface area contributed by atoms with Crippen LogP contribution < -0.4 is 0 Å². The van der Waals surface area contributed by atoms with Crippen LogP contribution in [0.5, 0.6) is 0 Å². The number of rotatable bonds is 2. The molecule has 7 aliphatic rings. The summed E-state index contributed by atoms with van der Waals surface area (Å²) in [6, 6.07) is 0. The van der Waals surface area contributed by atoms with Crippen LogP contribution >= 0.6 is 0 Å². The molecule has 2 heterocycles. The molecule has 18 atom stereocenters. The fourth-order valence-electron chi connectivity index (χ4n) is 12.6. The number of Topliss-reactive ketones (excluding diaryl/α,β-unsaturated/α-hetero) is 1. The standard InChI is InChI=1S/C34H48O9/c1-13-14(2)32(8)23(21-22(13)31(7)15(3)27-19(42-27)11-18(31)25(36)26(21)37)28(41-17(5)35)24-29(32)30(6,43-39)12-20-33(24,9)34(10,38)16(4)40-20/h12-15,18-19,21-24,26-29,37-39H,4,11H2,1-3,5-10H3/t13?,14-,15-,18+,19-,21+,22?,23+,24+,26+,27+,28+,29+,30+,31-,32-,33-,34+/m0/s1. The van der Waals surface area contributed by atoms with Gasteiger partial charge in [-0.05, 0) is 67.8 Å². The average Bonchev–Trinajstić information content (AvgIpc) is 3.63. The predicted molar refractivity (Wildman–Crippen MR) is 154 cm³/mol. The first-order valence-corrected chi connectivity index (χ1v) is 16.0. The molecule has 2 aliphatic heterocycles. The number of ketones is 1. The van der Waals surface area contributed by atoms with Crippen LogP contribution in [0.1, 0.15) is 68.7 Å². The monoisotopic (exact) mass is 600 g/mol. The first-order valence-electron chi connectivity index (χ1n) is 16.0. The fourth-order valence-corrected chi connectivity index (χ4v) is 12.6. The van der Waals surface area contributed by atoms with E-state index in [0.717, 1.165) is 0 Å². The minimum atomic E-state index is -1.54. The molecule has 0 radical (unpaired) electrons. The summed E-state index contributed by atoms with van der Waals surface area (Å²) in [7, 11) is 0. The minimum Gasteiger partial charge on any atom is -0.463 e. The van der Waals surface area contributed by atoms with E-state index in [9.17, 15) is 25.1 Å². The van der Waals surface area contributed by atoms with E-state index in [1.165, 1.54) is 6.92 Å². The van der Waals surface area contributed by atoms with Crippen LogP contribution in [0.3, 0.4) is 0 Å². The molecule has 2 unspecified atom stereocenters. The zero-order valence-corrected chi connectivity index (χ0v) is 26.8. The number of carbonyl (C=O) groups excluding carboxylic acids is 2. The second-order valence-corrected chi connectivity index (χ2v) is 16.2. The predicted octanol–water partition coefficient (Wildman–Crippen LogP) is 4.13. The highest BCUT2D eigenvalue weighted by molar-refractivity contribution is 5.88. The van der Waals surface area contributed by atoms with E-state index in [-0.39, 0.29) is 53.3 Å². The third-order valence-electron chi connectivity index (χ3n) is 15.2. The Kier molecular flexibility index (Phi) is 5.92. The topological polar surface area (TPSA) is 135 Å². The van der Waals surface area contributed by atoms with E-state index in [1.54, 1.807) is 19.9 Å². The zero-order valence-electron chi connectivity index (χ0n) is 26.8. The molecule has 9 nitrogen and oxygen atoms in total. The highest BCUT2D eigenvalue weighted by atomic mass is 17.1. The largest absolute Gasteiger partial charge is 0.463 e. The van der Waals surface area contributed by atoms with Gasteiger partial charge in [0.15, 0.2) is 5.78 Å². The Morgan fingerprint density at radius 1 is 1.05 bits per heavy atom. The number of fused-ring (bicyclic) bond motifs is 10. The first kappa shape index (κ1) is 29.9. The smallest absolute Gasteiger partial charge is 0.302 e. The maximum Gasteiger partial charge on any atom is 0.302 e. The third-order valence-corrected chi connectivity index (χ3v) is 15.2. The van der Waals surface area contributed by atoms with Gasteiger partial charge in [-0.25, -0.2) is 4.89 Å². The van der Waals surface area contributed by atoms with Crippen LogP contribution in [0.25, 0.3) is 0 Å². The van der Waals surface area contributed by atoms with Crippen molar-refractivity contribution >= 4 is 11.8 Å². The zero-order chi connectivity index (χ0) is 31.6. The molecule has 0 bridgehead atoms. The number of epoxide rings is 1. The van der Waals surface area contributed by atoms with Gasteiger partial charge in [-0.15, -0.1) is 0 Å². The summed E-state index contributed by atoms with van der Waals surface area (Å²) in [5, 5.41) is 34.8. The molecule has 0 aromatic carbocycles. The van der Waals surface area contributed by atoms with E-state index in [2.05, 4.69) is 41.2 Å². The Balaban J connectivity index is 1.49. The van der Waals surface area contributed by atoms with Gasteiger partial charge >= 0.3 is 5.97 Å². The lowest BCUT2D eigenvalue weighted by molar-refractivity contribution is -0.339. The number of ether oxygens (including phenoxy) is 3. The molecule has 238 valence electrons. The molecule has 5 aliphatic carbocycles. The van der Waals surface area contributed by atoms with Crippen molar-refractivity contribution in [2.75, 3.05) is 0 Å². The van der Waals surface area contributed by atoms with Gasteiger partial charge in [0.1, 0.15) is 34.9 Å². The van der Waals surface area contributed by atoms with Crippen molar-refractivity contribution in [3.05, 3.63) is 24.2 Å². The van der Waals surface area contributed by atoms with Crippen LogP contribution in [0.15, 0.2) is 24.2 Å². The van der Waals surface area contributed by atoms with Gasteiger partial charge in [-0.1, -0.05) is 41.2 Å². The molecule has 0 amide bonds. The minimum absolute atomic E-state index is 0.00164. The van der Waals surface area contributed by atoms with E-state index in [0.29, 0.717) is 12.2 Å². The summed E-state index contributed by atoms with van der Waals surface area (Å²) in [5.74, 6) is -2.36. The van der Waals surface area contributed by atoms with E-state index < -0.39 is 69.3 Å². The molecule has 3 N–H and O–H groups in total. The number of carbonyl (C=O) groups is 2. The summed E-state index contributed by atoms with van der Waals surface area (Å²) < 4.78 is 18.5. The molecule has 43 heavy (non-hydrogen) atoms. The summed E-state index contributed by atoms with van der Waals surface area (Å²) in [4.78, 5) is 32.6. The van der Waals surface area contributed by atoms with E-state index >= 15 is 0 Å². The normalized spacial score (nSPS) is 61.2. The summed E-state index contributed by atoms with van der Waals surface area (Å²) in [5.41, 5.74) is -5.05. The Labute approximate surface area is 253 Å². The fraction of sp³-hybridized carbons (Fsp3) is 0.824. The van der Waals surface area contributed by atoms with Crippen LogP contribution in [-0.2, 0) is 28.7 Å². The number of aliphatic hydroxyl groups is 2. The van der Waals surface area contributed by atoms with Gasteiger partial charge in [0.05, 0.1) is 17.6 Å². The lowest BCUT2D eigenvalue weighted by Crippen LogP contribution is -2.69. The van der Waals surface area contributed by atoms with Crippen molar-refractivity contribution < 1.29 is 44.2 Å². The highest BCUT2D eigenvalue weighted by Crippen LogP contribution is 2.78. The number of aliphatic hydroxyl groups excluding tert-OH is 1. The highest BCUT2D eigenvalue weighted by Gasteiger charge is 2.82. The van der Waals surface area contributed by atoms with Crippen molar-refractivity contribution in [2.45, 2.75) is 104 Å². The van der Waals surface area contributed by atoms with Gasteiger partial charge in [-0.2, -0.15) is 0 Å². The molecule has 0 aromatic heterocycles. The van der Waals surface area contributed by atoms with Gasteiger partial charge in [-0.3, -0.25) is 14.8 Å². The van der Waals surface area contributed by atoms with Crippen molar-refractivity contribution in [3.8, 4) is 0 Å². The summed E-state index contributed by atoms with van der Waals surface area (Å²) in [6.45, 7) is 21.8. The molecule has 0 spiro atoms. The molecule has 9 heteroatoms. The Hall–Kier alpha value is -1.78. The Bertz CT molecular complexity index is 1340. The molecule has 0 aromatic rings. The second-order valence-electron chi connectivity index (χ2n) is 16.2. The van der Waals surface area contributed by atoms with Gasteiger partial charge in [0.25, 0.3) is 0 Å². The van der Waals surface area contributed by atoms with Gasteiger partial charge in [0.2, 0.25) is 0 Å². The van der Waals surface area contributed by atoms with Crippen LogP contribution in [0, 0.1) is 69.5 Å². The summed E-state index contributed by atoms with van der Waals surface area (Å²) >= 11 is 0. The third kappa shape index (κ3) is 3.12. The SMILES string of the molecule is C=C1OC2=C[C@@](C)(OO)[C@H]3[C@@H]([C@H](OC(C)=O)[C@H]4[C@H]5C(C(C)[C@H](C)[C@@]43C)[C@]3(C)[C@H](C[C@@H]4O[C@@H]4[C@@H]3C)C(=O)[C@@H]5O)[C@@]2(C)[C@]1(C)O. The molecule has 4 saturated carbocycles. The second kappa shape index (κ2) is 8.52. The first-order chi connectivity index (χ1) is 19.8. The van der Waals surface area contributed by atoms with Crippen molar-refractivity contribution in [2.24, 2.45) is 69.5 Å². The Morgan fingerprint density at radius 2 is 1.70 bits per heavy atom. The van der Waals surface area contributed by atoms with Crippen LogP contribution in [-0.4, -0.2) is 62.8 Å². The van der Waals surface area contributed by atoms with Crippen molar-refractivity contribution in [1.82, 2.24) is 0 Å². The van der Waals surface area contributed by atoms with E-state index in [1.807, 2.05) is 6.92 Å². The quantitative estimate of drug-likeness (QED) is 0.185. The number of hydrogen-bond acceptors (Lipinski definition) is 9. The van der Waals surface area contributed by atoms with Gasteiger partial charge < -0.3 is 24.4 Å². The van der Waals surface area contributed by atoms with Gasteiger partial charge in [0, 0.05) is 36.5 Å². The maximum atomic E-state index is 14.3. The average molecular weight is 601 g/mol. The molecular formula is C34H48O9. The summed E-state index contributed by atoms with van der Waals surface area (Å²) in [6.07, 6.45) is 0.470. The lowest BCUT2D eigenvalue weighted by atomic mass is 9.37. The Morgan fingerprint density at radius 3 is 2.30 bits per heavy atom. The lowest BCUT2D eigenvalue weighted by Gasteiger charge is -2.66. The van der Waals surface area contributed by atoms with E-state index in [4.69, 9.17) is 19.1 Å². The number of esters is 1. The van der Waals surface area contributed by atoms with Crippen LogP contribution in [0.4, 0.5) is 0 Å². The number of hydrogen-bond donors (Lipinski definition) is 3. The molecule has 6 fully saturated rings. The molecular weight excluding hydrogens is 552 g/mol. The van der Waals surface area contributed by atoms with Crippen LogP contribution in [0.2, 0.25) is 0 Å².